The van der Waals surface area contributed by atoms with Gasteiger partial charge in [0.05, 0.1) is 0 Å². The van der Waals surface area contributed by atoms with Gasteiger partial charge in [-0.05, 0) is 12.8 Å². The van der Waals surface area contributed by atoms with E-state index in [-0.39, 0.29) is 18.4 Å². The topological polar surface area (TPSA) is 40.5 Å². The zero-order chi connectivity index (χ0) is 7.56. The number of aliphatic hydroxyl groups is 1. The standard InChI is InChI=1S/C7H13NO2/c1-8-4-2-6(3-5-9)7(8)10/h6,9H,2-5H2,1H3. The van der Waals surface area contributed by atoms with Crippen LogP contribution in [0.2, 0.25) is 0 Å². The summed E-state index contributed by atoms with van der Waals surface area (Å²) in [5, 5.41) is 8.56. The van der Waals surface area contributed by atoms with Crippen molar-refractivity contribution >= 4 is 5.91 Å². The van der Waals surface area contributed by atoms with Gasteiger partial charge in [0.15, 0.2) is 0 Å². The number of hydrogen-bond acceptors (Lipinski definition) is 2. The zero-order valence-electron chi connectivity index (χ0n) is 6.21. The molecule has 1 amide bonds. The van der Waals surface area contributed by atoms with Crippen molar-refractivity contribution in [1.29, 1.82) is 0 Å². The summed E-state index contributed by atoms with van der Waals surface area (Å²) in [5.74, 6) is 0.282. The van der Waals surface area contributed by atoms with E-state index in [1.165, 1.54) is 0 Å². The lowest BCUT2D eigenvalue weighted by atomic mass is 10.1. The first-order valence-corrected chi connectivity index (χ1v) is 3.61. The second-order valence-corrected chi connectivity index (χ2v) is 2.76. The molecule has 1 heterocycles. The van der Waals surface area contributed by atoms with Crippen LogP contribution in [0.3, 0.4) is 0 Å². The second-order valence-electron chi connectivity index (χ2n) is 2.76. The Morgan fingerprint density at radius 2 is 2.50 bits per heavy atom. The van der Waals surface area contributed by atoms with E-state index in [9.17, 15) is 4.79 Å². The molecule has 1 rings (SSSR count). The molecule has 1 fully saturated rings. The number of aliphatic hydroxyl groups excluding tert-OH is 1. The molecule has 1 unspecified atom stereocenters. The Morgan fingerprint density at radius 1 is 1.80 bits per heavy atom. The molecule has 0 aliphatic carbocycles. The molecule has 3 heteroatoms. The third-order valence-electron chi connectivity index (χ3n) is 2.02. The summed E-state index contributed by atoms with van der Waals surface area (Å²) in [6.45, 7) is 0.980. The van der Waals surface area contributed by atoms with Gasteiger partial charge in [0.2, 0.25) is 5.91 Å². The van der Waals surface area contributed by atoms with Gasteiger partial charge in [0, 0.05) is 26.1 Å². The maximum atomic E-state index is 11.1. The highest BCUT2D eigenvalue weighted by Gasteiger charge is 2.27. The largest absolute Gasteiger partial charge is 0.396 e. The Hall–Kier alpha value is -0.570. The van der Waals surface area contributed by atoms with Crippen LogP contribution >= 0.6 is 0 Å². The van der Waals surface area contributed by atoms with Crippen LogP contribution in [0.1, 0.15) is 12.8 Å². The van der Waals surface area contributed by atoms with Crippen LogP contribution in [0.5, 0.6) is 0 Å². The highest BCUT2D eigenvalue weighted by Crippen LogP contribution is 2.18. The van der Waals surface area contributed by atoms with Crippen molar-refractivity contribution in [3.05, 3.63) is 0 Å². The van der Waals surface area contributed by atoms with Gasteiger partial charge in [-0.3, -0.25) is 4.79 Å². The number of rotatable bonds is 2. The van der Waals surface area contributed by atoms with Crippen LogP contribution < -0.4 is 0 Å². The Balaban J connectivity index is 2.41. The Morgan fingerprint density at radius 3 is 2.90 bits per heavy atom. The summed E-state index contributed by atoms with van der Waals surface area (Å²) in [4.78, 5) is 12.8. The van der Waals surface area contributed by atoms with Crippen LogP contribution in [0.15, 0.2) is 0 Å². The van der Waals surface area contributed by atoms with Crippen LogP contribution in [0.25, 0.3) is 0 Å². The van der Waals surface area contributed by atoms with E-state index in [2.05, 4.69) is 0 Å². The number of likely N-dealkylation sites (tertiary alicyclic amines) is 1. The van der Waals surface area contributed by atoms with Gasteiger partial charge in [-0.1, -0.05) is 0 Å². The molecule has 1 aliphatic rings. The van der Waals surface area contributed by atoms with Crippen LogP contribution in [0, 0.1) is 5.92 Å². The van der Waals surface area contributed by atoms with Crippen molar-refractivity contribution in [1.82, 2.24) is 4.90 Å². The molecule has 58 valence electrons. The first-order chi connectivity index (χ1) is 4.75. The molecular formula is C7H13NO2. The highest BCUT2D eigenvalue weighted by molar-refractivity contribution is 5.80. The second kappa shape index (κ2) is 3.01. The Bertz CT molecular complexity index is 134. The SMILES string of the molecule is CN1CCC(CCO)C1=O. The third-order valence-corrected chi connectivity index (χ3v) is 2.02. The van der Waals surface area contributed by atoms with Crippen molar-refractivity contribution in [2.45, 2.75) is 12.8 Å². The molecule has 0 bridgehead atoms. The average Bonchev–Trinajstić information content (AvgIpc) is 2.20. The monoisotopic (exact) mass is 143 g/mol. The average molecular weight is 143 g/mol. The molecule has 1 atom stereocenters. The van der Waals surface area contributed by atoms with E-state index in [1.807, 2.05) is 0 Å². The maximum Gasteiger partial charge on any atom is 0.225 e. The van der Waals surface area contributed by atoms with Crippen molar-refractivity contribution in [3.63, 3.8) is 0 Å². The van der Waals surface area contributed by atoms with Gasteiger partial charge in [-0.2, -0.15) is 0 Å². The number of carbonyl (C=O) groups excluding carboxylic acids is 1. The number of hydrogen-bond donors (Lipinski definition) is 1. The predicted octanol–water partition coefficient (Wildman–Crippen LogP) is -0.153. The quantitative estimate of drug-likeness (QED) is 0.584. The van der Waals surface area contributed by atoms with E-state index < -0.39 is 0 Å². The molecule has 0 aromatic carbocycles. The fraction of sp³-hybridized carbons (Fsp3) is 0.857. The lowest BCUT2D eigenvalue weighted by Gasteiger charge is -2.07. The van der Waals surface area contributed by atoms with Crippen molar-refractivity contribution in [2.75, 3.05) is 20.2 Å². The van der Waals surface area contributed by atoms with Gasteiger partial charge in [-0.25, -0.2) is 0 Å². The summed E-state index contributed by atoms with van der Waals surface area (Å²) < 4.78 is 0. The molecule has 0 saturated carbocycles. The van der Waals surface area contributed by atoms with Gasteiger partial charge in [-0.15, -0.1) is 0 Å². The van der Waals surface area contributed by atoms with Crippen LogP contribution in [-0.2, 0) is 4.79 Å². The van der Waals surface area contributed by atoms with Gasteiger partial charge in [0.25, 0.3) is 0 Å². The molecule has 0 aromatic heterocycles. The normalized spacial score (nSPS) is 26.0. The smallest absolute Gasteiger partial charge is 0.225 e. The molecule has 0 radical (unpaired) electrons. The molecule has 3 nitrogen and oxygen atoms in total. The lowest BCUT2D eigenvalue weighted by molar-refractivity contribution is -0.130. The molecule has 1 N–H and O–H groups in total. The molecule has 10 heavy (non-hydrogen) atoms. The van der Waals surface area contributed by atoms with E-state index >= 15 is 0 Å². The first kappa shape index (κ1) is 7.54. The van der Waals surface area contributed by atoms with Gasteiger partial charge < -0.3 is 10.0 Å². The van der Waals surface area contributed by atoms with Gasteiger partial charge >= 0.3 is 0 Å². The number of amides is 1. The summed E-state index contributed by atoms with van der Waals surface area (Å²) in [6, 6.07) is 0. The number of carbonyl (C=O) groups is 1. The van der Waals surface area contributed by atoms with Gasteiger partial charge in [0.1, 0.15) is 0 Å². The van der Waals surface area contributed by atoms with Crippen molar-refractivity contribution in [3.8, 4) is 0 Å². The zero-order valence-corrected chi connectivity index (χ0v) is 6.21. The van der Waals surface area contributed by atoms with E-state index in [1.54, 1.807) is 11.9 Å². The summed E-state index contributed by atoms with van der Waals surface area (Å²) in [6.07, 6.45) is 1.54. The Labute approximate surface area is 60.6 Å². The summed E-state index contributed by atoms with van der Waals surface area (Å²) in [7, 11) is 1.81. The third kappa shape index (κ3) is 1.29. The molecule has 1 aliphatic heterocycles. The van der Waals surface area contributed by atoms with Crippen molar-refractivity contribution < 1.29 is 9.90 Å². The Kier molecular flexibility index (Phi) is 2.27. The fourth-order valence-electron chi connectivity index (χ4n) is 1.32. The minimum atomic E-state index is 0.0926. The molecular weight excluding hydrogens is 130 g/mol. The first-order valence-electron chi connectivity index (χ1n) is 3.61. The van der Waals surface area contributed by atoms with Crippen LogP contribution in [-0.4, -0.2) is 36.1 Å². The lowest BCUT2D eigenvalue weighted by Crippen LogP contribution is -2.22. The molecule has 0 spiro atoms. The molecule has 0 aromatic rings. The predicted molar refractivity (Wildman–Crippen MR) is 37.4 cm³/mol. The highest BCUT2D eigenvalue weighted by atomic mass is 16.3. The van der Waals surface area contributed by atoms with Crippen LogP contribution in [0.4, 0.5) is 0 Å². The molecule has 1 saturated heterocycles. The summed E-state index contributed by atoms with van der Waals surface area (Å²) >= 11 is 0. The maximum absolute atomic E-state index is 11.1. The fourth-order valence-corrected chi connectivity index (χ4v) is 1.32. The minimum Gasteiger partial charge on any atom is -0.396 e. The van der Waals surface area contributed by atoms with Crippen molar-refractivity contribution in [2.24, 2.45) is 5.92 Å². The minimum absolute atomic E-state index is 0.0926. The van der Waals surface area contributed by atoms with E-state index in [0.29, 0.717) is 6.42 Å². The van der Waals surface area contributed by atoms with E-state index in [4.69, 9.17) is 5.11 Å². The van der Waals surface area contributed by atoms with E-state index in [0.717, 1.165) is 13.0 Å². The number of nitrogens with zero attached hydrogens (tertiary/aromatic N) is 1. The summed E-state index contributed by atoms with van der Waals surface area (Å²) in [5.41, 5.74) is 0.